The number of hydrogen-bond acceptors (Lipinski definition) is 7. The molecule has 0 spiro atoms. The zero-order valence-corrected chi connectivity index (χ0v) is 21.7. The predicted octanol–water partition coefficient (Wildman–Crippen LogP) is 6.11. The average Bonchev–Trinajstić information content (AvgIpc) is 3.54. The van der Waals surface area contributed by atoms with Crippen molar-refractivity contribution in [2.75, 3.05) is 20.8 Å². The summed E-state index contributed by atoms with van der Waals surface area (Å²) >= 11 is 7.64. The molecule has 0 saturated heterocycles. The van der Waals surface area contributed by atoms with Gasteiger partial charge in [0.15, 0.2) is 6.61 Å². The van der Waals surface area contributed by atoms with Crippen molar-refractivity contribution in [2.45, 2.75) is 12.5 Å². The summed E-state index contributed by atoms with van der Waals surface area (Å²) in [6.07, 6.45) is 0.528. The second-order valence-corrected chi connectivity index (χ2v) is 9.76. The average molecular weight is 535 g/mol. The van der Waals surface area contributed by atoms with Gasteiger partial charge in [-0.3, -0.25) is 4.79 Å². The van der Waals surface area contributed by atoms with E-state index in [-0.39, 0.29) is 10.9 Å². The maximum absolute atomic E-state index is 13.3. The van der Waals surface area contributed by atoms with Crippen molar-refractivity contribution in [3.8, 4) is 11.5 Å². The van der Waals surface area contributed by atoms with Gasteiger partial charge >= 0.3 is 5.97 Å². The van der Waals surface area contributed by atoms with E-state index in [1.807, 2.05) is 54.6 Å². The van der Waals surface area contributed by atoms with E-state index in [4.69, 9.17) is 25.8 Å². The van der Waals surface area contributed by atoms with Crippen LogP contribution < -0.4 is 9.47 Å². The molecule has 1 atom stereocenters. The Morgan fingerprint density at radius 1 is 1.00 bits per heavy atom. The number of methoxy groups -OCH3 is 2. The molecule has 1 aromatic heterocycles. The van der Waals surface area contributed by atoms with Crippen LogP contribution in [0.4, 0.5) is 0 Å². The molecule has 0 unspecified atom stereocenters. The third-order valence-electron chi connectivity index (χ3n) is 6.12. The van der Waals surface area contributed by atoms with Crippen LogP contribution in [0.1, 0.15) is 33.3 Å². The fourth-order valence-corrected chi connectivity index (χ4v) is 5.62. The lowest BCUT2D eigenvalue weighted by molar-refractivity contribution is -0.136. The van der Waals surface area contributed by atoms with E-state index in [0.29, 0.717) is 17.2 Å². The van der Waals surface area contributed by atoms with E-state index in [1.165, 1.54) is 16.3 Å². The number of esters is 1. The van der Waals surface area contributed by atoms with E-state index >= 15 is 0 Å². The van der Waals surface area contributed by atoms with Crippen LogP contribution in [-0.4, -0.2) is 43.4 Å². The molecule has 37 heavy (non-hydrogen) atoms. The van der Waals surface area contributed by atoms with Gasteiger partial charge < -0.3 is 14.2 Å². The predicted molar refractivity (Wildman–Crippen MR) is 144 cm³/mol. The van der Waals surface area contributed by atoms with Crippen LogP contribution >= 0.6 is 22.9 Å². The highest BCUT2D eigenvalue weighted by Gasteiger charge is 2.34. The number of carbonyl (C=O) groups excluding carboxylic acids is 2. The molecular weight excluding hydrogens is 512 g/mol. The summed E-state index contributed by atoms with van der Waals surface area (Å²) in [5.41, 5.74) is 2.61. The lowest BCUT2D eigenvalue weighted by Crippen LogP contribution is -2.31. The van der Waals surface area contributed by atoms with Crippen molar-refractivity contribution in [1.82, 2.24) is 5.01 Å². The van der Waals surface area contributed by atoms with Crippen LogP contribution in [0.5, 0.6) is 11.5 Å². The summed E-state index contributed by atoms with van der Waals surface area (Å²) < 4.78 is 16.7. The Labute approximate surface area is 222 Å². The zero-order valence-electron chi connectivity index (χ0n) is 20.1. The molecule has 0 bridgehead atoms. The molecule has 2 heterocycles. The Morgan fingerprint density at radius 2 is 1.70 bits per heavy atom. The third-order valence-corrected chi connectivity index (χ3v) is 7.76. The van der Waals surface area contributed by atoms with Gasteiger partial charge in [0.05, 0.1) is 31.0 Å². The fourth-order valence-electron chi connectivity index (χ4n) is 4.19. The number of ether oxygens (including phenoxy) is 3. The van der Waals surface area contributed by atoms with E-state index in [1.54, 1.807) is 32.4 Å². The number of rotatable bonds is 7. The number of benzene rings is 3. The van der Waals surface area contributed by atoms with Gasteiger partial charge in [-0.05, 0) is 41.5 Å². The molecule has 9 heteroatoms. The lowest BCUT2D eigenvalue weighted by atomic mass is 9.98. The Morgan fingerprint density at radius 3 is 2.41 bits per heavy atom. The van der Waals surface area contributed by atoms with E-state index in [9.17, 15) is 9.59 Å². The molecule has 5 rings (SSSR count). The number of fused-ring (bicyclic) bond motifs is 1. The lowest BCUT2D eigenvalue weighted by Gasteiger charge is -2.22. The Balaban J connectivity index is 1.36. The van der Waals surface area contributed by atoms with Crippen molar-refractivity contribution in [2.24, 2.45) is 5.10 Å². The monoisotopic (exact) mass is 534 g/mol. The van der Waals surface area contributed by atoms with Gasteiger partial charge in [-0.25, -0.2) is 9.80 Å². The standard InChI is InChI=1S/C28H23ClN2O5S/c1-34-19-10-8-18(9-11-19)23-15-22(17-6-4-3-5-7-17)30-31(23)25(32)16-36-28(33)27-26(29)21-13-12-20(35-2)14-24(21)37-27/h3-14,23H,15-16H2,1-2H3/t23-/m0/s1. The summed E-state index contributed by atoms with van der Waals surface area (Å²) in [5, 5.41) is 7.04. The highest BCUT2D eigenvalue weighted by atomic mass is 35.5. The minimum absolute atomic E-state index is 0.235. The van der Waals surface area contributed by atoms with Crippen LogP contribution in [0.25, 0.3) is 10.1 Å². The van der Waals surface area contributed by atoms with Crippen LogP contribution in [0, 0.1) is 0 Å². The van der Waals surface area contributed by atoms with Crippen LogP contribution in [-0.2, 0) is 9.53 Å². The Bertz CT molecular complexity index is 1480. The normalized spacial score (nSPS) is 14.9. The van der Waals surface area contributed by atoms with Crippen LogP contribution in [0.15, 0.2) is 77.9 Å². The number of amides is 1. The van der Waals surface area contributed by atoms with Crippen LogP contribution in [0.2, 0.25) is 5.02 Å². The number of carbonyl (C=O) groups is 2. The van der Waals surface area contributed by atoms with Gasteiger partial charge in [0, 0.05) is 16.5 Å². The molecule has 1 aliphatic heterocycles. The highest BCUT2D eigenvalue weighted by molar-refractivity contribution is 7.21. The van der Waals surface area contributed by atoms with Gasteiger partial charge in [-0.15, -0.1) is 11.3 Å². The molecule has 1 aliphatic rings. The SMILES string of the molecule is COc1ccc([C@@H]2CC(c3ccccc3)=NN2C(=O)COC(=O)c2sc3cc(OC)ccc3c2Cl)cc1. The van der Waals surface area contributed by atoms with Crippen molar-refractivity contribution in [3.05, 3.63) is 93.8 Å². The second-order valence-electron chi connectivity index (χ2n) is 8.33. The Kier molecular flexibility index (Phi) is 7.12. The number of halogens is 1. The van der Waals surface area contributed by atoms with Gasteiger partial charge in [-0.1, -0.05) is 54.1 Å². The quantitative estimate of drug-likeness (QED) is 0.267. The largest absolute Gasteiger partial charge is 0.497 e. The first kappa shape index (κ1) is 24.8. The number of thiophene rings is 1. The molecule has 0 saturated carbocycles. The van der Waals surface area contributed by atoms with Gasteiger partial charge in [-0.2, -0.15) is 5.10 Å². The van der Waals surface area contributed by atoms with Crippen LogP contribution in [0.3, 0.4) is 0 Å². The molecule has 0 aliphatic carbocycles. The summed E-state index contributed by atoms with van der Waals surface area (Å²) in [5.74, 6) is 0.284. The van der Waals surface area contributed by atoms with E-state index in [0.717, 1.165) is 32.7 Å². The molecule has 1 amide bonds. The number of hydrazone groups is 1. The smallest absolute Gasteiger partial charge is 0.350 e. The third kappa shape index (κ3) is 5.03. The van der Waals surface area contributed by atoms with E-state index in [2.05, 4.69) is 5.10 Å². The zero-order chi connectivity index (χ0) is 25.9. The first-order valence-electron chi connectivity index (χ1n) is 11.5. The Hall–Kier alpha value is -3.88. The summed E-state index contributed by atoms with van der Waals surface area (Å²) in [7, 11) is 3.17. The number of nitrogens with zero attached hydrogens (tertiary/aromatic N) is 2. The molecule has 0 N–H and O–H groups in total. The summed E-state index contributed by atoms with van der Waals surface area (Å²) in [6.45, 7) is -0.467. The minimum atomic E-state index is -0.661. The van der Waals surface area contributed by atoms with Gasteiger partial charge in [0.25, 0.3) is 5.91 Å². The molecule has 0 radical (unpaired) electrons. The fraction of sp³-hybridized carbons (Fsp3) is 0.179. The molecule has 188 valence electrons. The maximum atomic E-state index is 13.3. The summed E-state index contributed by atoms with van der Waals surface area (Å²) in [4.78, 5) is 26.4. The first-order valence-corrected chi connectivity index (χ1v) is 12.7. The number of hydrogen-bond donors (Lipinski definition) is 0. The molecular formula is C28H23ClN2O5S. The molecule has 4 aromatic rings. The van der Waals surface area contributed by atoms with Crippen molar-refractivity contribution < 1.29 is 23.8 Å². The van der Waals surface area contributed by atoms with Crippen molar-refractivity contribution >= 4 is 50.6 Å². The topological polar surface area (TPSA) is 77.4 Å². The first-order chi connectivity index (χ1) is 18.0. The molecule has 7 nitrogen and oxygen atoms in total. The van der Waals surface area contributed by atoms with Gasteiger partial charge in [0.2, 0.25) is 0 Å². The molecule has 0 fully saturated rings. The maximum Gasteiger partial charge on any atom is 0.350 e. The minimum Gasteiger partial charge on any atom is -0.497 e. The molecule has 3 aromatic carbocycles. The van der Waals surface area contributed by atoms with Crippen molar-refractivity contribution in [3.63, 3.8) is 0 Å². The van der Waals surface area contributed by atoms with E-state index < -0.39 is 18.5 Å². The second kappa shape index (κ2) is 10.6. The highest BCUT2D eigenvalue weighted by Crippen LogP contribution is 2.38. The summed E-state index contributed by atoms with van der Waals surface area (Å²) in [6, 6.07) is 22.2. The van der Waals surface area contributed by atoms with Gasteiger partial charge in [0.1, 0.15) is 16.4 Å². The van der Waals surface area contributed by atoms with Crippen molar-refractivity contribution in [1.29, 1.82) is 0 Å².